The molecule has 2 aliphatic heterocycles. The van der Waals surface area contributed by atoms with Crippen LogP contribution >= 0.6 is 11.6 Å². The highest BCUT2D eigenvalue weighted by Gasteiger charge is 2.42. The van der Waals surface area contributed by atoms with Gasteiger partial charge in [0.1, 0.15) is 18.1 Å². The van der Waals surface area contributed by atoms with Crippen molar-refractivity contribution in [3.8, 4) is 11.1 Å². The van der Waals surface area contributed by atoms with Crippen molar-refractivity contribution in [3.63, 3.8) is 0 Å². The van der Waals surface area contributed by atoms with Gasteiger partial charge in [0.15, 0.2) is 5.65 Å². The van der Waals surface area contributed by atoms with E-state index in [-0.39, 0.29) is 18.1 Å². The number of benzene rings is 1. The summed E-state index contributed by atoms with van der Waals surface area (Å²) < 4.78 is 15.3. The number of amides is 1. The highest BCUT2D eigenvalue weighted by Crippen LogP contribution is 2.41. The zero-order valence-corrected chi connectivity index (χ0v) is 27.0. The monoisotopic (exact) mass is 625 g/mol. The molecule has 11 nitrogen and oxygen atoms in total. The number of aromatic nitrogens is 5. The molecule has 2 fully saturated rings. The molecule has 0 aliphatic carbocycles. The van der Waals surface area contributed by atoms with Gasteiger partial charge in [0.25, 0.3) is 0 Å². The lowest BCUT2D eigenvalue weighted by Crippen LogP contribution is -2.50. The molecule has 230 valence electrons. The second-order valence-electron chi connectivity index (χ2n) is 12.9. The Morgan fingerprint density at radius 1 is 1.14 bits per heavy atom. The van der Waals surface area contributed by atoms with Crippen LogP contribution in [0.4, 0.5) is 10.6 Å². The molecule has 0 saturated carbocycles. The Balaban J connectivity index is 1.36. The summed E-state index contributed by atoms with van der Waals surface area (Å²) in [6.45, 7) is 9.30. The molecule has 4 aromatic rings. The molecule has 6 rings (SSSR count). The number of nitrogens with zero attached hydrogens (tertiary/aromatic N) is 6. The summed E-state index contributed by atoms with van der Waals surface area (Å²) in [6, 6.07) is 5.49. The number of nitrogens with one attached hydrogen (secondary N) is 1. The first-order valence-corrected chi connectivity index (χ1v) is 19.1. The number of carboxylic acid groups (broad SMARTS) is 1. The minimum Gasteiger partial charge on any atom is -0.465 e. The van der Waals surface area contributed by atoms with E-state index in [1.807, 2.05) is 40.0 Å². The van der Waals surface area contributed by atoms with E-state index in [1.54, 1.807) is 7.11 Å². The van der Waals surface area contributed by atoms with E-state index in [4.69, 9.17) is 31.0 Å². The third-order valence-corrected chi connectivity index (χ3v) is 10.7. The summed E-state index contributed by atoms with van der Waals surface area (Å²) in [6.07, 6.45) is 8.46. The van der Waals surface area contributed by atoms with Gasteiger partial charge in [-0.05, 0) is 37.8 Å². The fraction of sp³-hybridized carbons (Fsp3) is 0.533. The van der Waals surface area contributed by atoms with Gasteiger partial charge in [-0.3, -0.25) is 4.68 Å². The number of hydrogen-bond acceptors (Lipinski definition) is 7. The normalized spacial score (nSPS) is 20.4. The first kappa shape index (κ1) is 29.9. The fourth-order valence-corrected chi connectivity index (χ4v) is 7.53. The highest BCUT2D eigenvalue weighted by atomic mass is 35.5. The van der Waals surface area contributed by atoms with Crippen molar-refractivity contribution >= 4 is 53.7 Å². The second-order valence-corrected chi connectivity index (χ2v) is 18.9. The molecule has 5 heterocycles. The number of ether oxygens (including phenoxy) is 2. The topological polar surface area (TPSA) is 120 Å². The Labute approximate surface area is 257 Å². The van der Waals surface area contributed by atoms with E-state index < -0.39 is 14.2 Å². The molecule has 3 aromatic heterocycles. The maximum absolute atomic E-state index is 11.3. The van der Waals surface area contributed by atoms with Crippen LogP contribution < -0.4 is 10.2 Å². The van der Waals surface area contributed by atoms with E-state index in [0.29, 0.717) is 31.5 Å². The minimum atomic E-state index is -1.24. The molecule has 13 heteroatoms. The molecule has 2 bridgehead atoms. The lowest BCUT2D eigenvalue weighted by atomic mass is 9.97. The minimum absolute atomic E-state index is 0.0333. The van der Waals surface area contributed by atoms with Crippen LogP contribution in [0.3, 0.4) is 0 Å². The van der Waals surface area contributed by atoms with Gasteiger partial charge in [0.2, 0.25) is 0 Å². The Morgan fingerprint density at radius 2 is 1.91 bits per heavy atom. The number of hydrogen-bond donors (Lipinski definition) is 2. The molecule has 2 aliphatic rings. The second kappa shape index (κ2) is 12.1. The van der Waals surface area contributed by atoms with Gasteiger partial charge < -0.3 is 29.4 Å². The van der Waals surface area contributed by atoms with Gasteiger partial charge in [-0.2, -0.15) is 5.10 Å². The van der Waals surface area contributed by atoms with E-state index >= 15 is 0 Å². The zero-order valence-electron chi connectivity index (χ0n) is 25.2. The predicted octanol–water partition coefficient (Wildman–Crippen LogP) is 5.83. The number of carbonyl (C=O) groups is 1. The van der Waals surface area contributed by atoms with Gasteiger partial charge in [-0.15, -0.1) is 0 Å². The number of anilines is 1. The standard InChI is InChI=1S/C30H40ClN7O4Si/c1-41-10-9-37-17-24-25(35-37)8-7-22(27(24)31)23-16-36(18-42-11-12-43(2,3)4)29-28(23)32-15-26(34-29)38-20-5-6-21(38)14-19(13-20)33-30(39)40/h7-8,15-17,19-21,33H,5-6,9-14,18H2,1-4H3,(H,39,40)/t19?,20-,21+. The van der Waals surface area contributed by atoms with Crippen LogP contribution in [0.25, 0.3) is 33.2 Å². The summed E-state index contributed by atoms with van der Waals surface area (Å²) in [5.41, 5.74) is 4.10. The Kier molecular flexibility index (Phi) is 8.38. The van der Waals surface area contributed by atoms with Crippen molar-refractivity contribution in [3.05, 3.63) is 35.7 Å². The first-order chi connectivity index (χ1) is 20.6. The van der Waals surface area contributed by atoms with E-state index in [1.165, 1.54) is 0 Å². The summed E-state index contributed by atoms with van der Waals surface area (Å²) >= 11 is 7.03. The van der Waals surface area contributed by atoms with Crippen LogP contribution in [-0.2, 0) is 22.7 Å². The van der Waals surface area contributed by atoms with Gasteiger partial charge in [-0.1, -0.05) is 37.3 Å². The van der Waals surface area contributed by atoms with Crippen LogP contribution in [0.2, 0.25) is 30.7 Å². The van der Waals surface area contributed by atoms with Gasteiger partial charge in [0, 0.05) is 68.8 Å². The number of halogens is 1. The summed E-state index contributed by atoms with van der Waals surface area (Å²) in [5.74, 6) is 0.822. The highest BCUT2D eigenvalue weighted by molar-refractivity contribution is 6.76. The maximum atomic E-state index is 11.3. The Hall–Kier alpha value is -3.19. The number of rotatable bonds is 11. The molecular weight excluding hydrogens is 586 g/mol. The van der Waals surface area contributed by atoms with Crippen molar-refractivity contribution in [2.24, 2.45) is 0 Å². The molecular formula is C30H40ClN7O4Si. The third-order valence-electron chi connectivity index (χ3n) is 8.59. The molecule has 2 N–H and O–H groups in total. The molecule has 1 aromatic carbocycles. The van der Waals surface area contributed by atoms with Gasteiger partial charge >= 0.3 is 6.09 Å². The quantitative estimate of drug-likeness (QED) is 0.158. The first-order valence-electron chi connectivity index (χ1n) is 15.0. The molecule has 2 saturated heterocycles. The third kappa shape index (κ3) is 6.24. The predicted molar refractivity (Wildman–Crippen MR) is 171 cm³/mol. The summed E-state index contributed by atoms with van der Waals surface area (Å²) in [5, 5.41) is 18.1. The molecule has 0 radical (unpaired) electrons. The van der Waals surface area contributed by atoms with E-state index in [2.05, 4.69) is 35.0 Å². The van der Waals surface area contributed by atoms with Crippen molar-refractivity contribution in [2.45, 2.75) is 82.8 Å². The van der Waals surface area contributed by atoms with E-state index in [0.717, 1.165) is 70.7 Å². The summed E-state index contributed by atoms with van der Waals surface area (Å²) in [7, 11) is 0.439. The number of piperidine rings is 1. The molecule has 1 amide bonds. The maximum Gasteiger partial charge on any atom is 0.404 e. The van der Waals surface area contributed by atoms with Crippen molar-refractivity contribution in [2.75, 3.05) is 25.2 Å². The van der Waals surface area contributed by atoms with Gasteiger partial charge in [0.05, 0.1) is 29.9 Å². The number of methoxy groups -OCH3 is 1. The van der Waals surface area contributed by atoms with Crippen molar-refractivity contribution in [1.82, 2.24) is 29.6 Å². The molecule has 1 unspecified atom stereocenters. The Bertz CT molecular complexity index is 1620. The molecule has 0 spiro atoms. The average molecular weight is 626 g/mol. The Morgan fingerprint density at radius 3 is 2.60 bits per heavy atom. The lowest BCUT2D eigenvalue weighted by molar-refractivity contribution is 0.0899. The van der Waals surface area contributed by atoms with Crippen LogP contribution in [0.15, 0.2) is 30.7 Å². The van der Waals surface area contributed by atoms with Crippen LogP contribution in [0.1, 0.15) is 25.7 Å². The smallest absolute Gasteiger partial charge is 0.404 e. The lowest BCUT2D eigenvalue weighted by Gasteiger charge is -2.39. The number of fused-ring (bicyclic) bond motifs is 4. The zero-order chi connectivity index (χ0) is 30.3. The average Bonchev–Trinajstić information content (AvgIpc) is 3.61. The largest absolute Gasteiger partial charge is 0.465 e. The van der Waals surface area contributed by atoms with Crippen LogP contribution in [-0.4, -0.2) is 82.0 Å². The van der Waals surface area contributed by atoms with Crippen LogP contribution in [0, 0.1) is 0 Å². The van der Waals surface area contributed by atoms with Gasteiger partial charge in [-0.25, -0.2) is 14.8 Å². The fourth-order valence-electron chi connectivity index (χ4n) is 6.46. The molecule has 43 heavy (non-hydrogen) atoms. The summed E-state index contributed by atoms with van der Waals surface area (Å²) in [4.78, 5) is 23.8. The van der Waals surface area contributed by atoms with E-state index in [9.17, 15) is 9.90 Å². The SMILES string of the molecule is COCCn1cc2c(Cl)c(-c3cn(COCC[Si](C)(C)C)c4nc(N5[C@@H]6CC[C@H]5CC(NC(=O)O)C6)cnc34)ccc2n1. The molecule has 3 atom stereocenters. The van der Waals surface area contributed by atoms with Crippen LogP contribution in [0.5, 0.6) is 0 Å². The van der Waals surface area contributed by atoms with Crippen molar-refractivity contribution in [1.29, 1.82) is 0 Å². The van der Waals surface area contributed by atoms with Crippen molar-refractivity contribution < 1.29 is 19.4 Å².